The highest BCUT2D eigenvalue weighted by Crippen LogP contribution is 2.21. The van der Waals surface area contributed by atoms with Crippen molar-refractivity contribution in [2.24, 2.45) is 0 Å². The summed E-state index contributed by atoms with van der Waals surface area (Å²) in [6.07, 6.45) is 0. The van der Waals surface area contributed by atoms with Gasteiger partial charge in [-0.1, -0.05) is 30.3 Å². The Labute approximate surface area is 181 Å². The number of methoxy groups -OCH3 is 1. The molecule has 1 atom stereocenters. The summed E-state index contributed by atoms with van der Waals surface area (Å²) < 4.78 is 6.51. The molecule has 0 saturated carbocycles. The highest BCUT2D eigenvalue weighted by Gasteiger charge is 2.27. The van der Waals surface area contributed by atoms with E-state index in [0.717, 1.165) is 30.1 Å². The Morgan fingerprint density at radius 3 is 2.26 bits per heavy atom. The Balaban J connectivity index is 1.45. The van der Waals surface area contributed by atoms with E-state index in [1.165, 1.54) is 10.7 Å². The molecule has 1 fully saturated rings. The van der Waals surface area contributed by atoms with E-state index in [0.29, 0.717) is 18.8 Å². The second-order valence-electron chi connectivity index (χ2n) is 7.55. The molecule has 4 rings (SSSR count). The zero-order valence-electron chi connectivity index (χ0n) is 17.8. The first-order valence-corrected chi connectivity index (χ1v) is 10.4. The lowest BCUT2D eigenvalue weighted by molar-refractivity contribution is -0.135. The number of aromatic nitrogens is 2. The molecule has 2 aromatic carbocycles. The van der Waals surface area contributed by atoms with Crippen LogP contribution in [-0.2, 0) is 4.79 Å². The maximum Gasteiger partial charge on any atom is 0.267 e. The van der Waals surface area contributed by atoms with Crippen molar-refractivity contribution in [3.63, 3.8) is 0 Å². The van der Waals surface area contributed by atoms with Gasteiger partial charge in [-0.05, 0) is 37.3 Å². The number of anilines is 1. The van der Waals surface area contributed by atoms with Gasteiger partial charge >= 0.3 is 0 Å². The summed E-state index contributed by atoms with van der Waals surface area (Å²) in [5.41, 5.74) is 2.40. The fourth-order valence-electron chi connectivity index (χ4n) is 3.81. The molecule has 7 nitrogen and oxygen atoms in total. The maximum atomic E-state index is 13.1. The van der Waals surface area contributed by atoms with Crippen molar-refractivity contribution >= 4 is 11.6 Å². The van der Waals surface area contributed by atoms with Crippen molar-refractivity contribution in [3.05, 3.63) is 77.1 Å². The minimum atomic E-state index is -0.663. The Morgan fingerprint density at radius 1 is 0.935 bits per heavy atom. The van der Waals surface area contributed by atoms with Gasteiger partial charge in [-0.3, -0.25) is 9.59 Å². The molecule has 1 unspecified atom stereocenters. The van der Waals surface area contributed by atoms with Gasteiger partial charge in [-0.2, -0.15) is 5.10 Å². The van der Waals surface area contributed by atoms with Gasteiger partial charge in [-0.25, -0.2) is 4.68 Å². The Kier molecular flexibility index (Phi) is 6.02. The van der Waals surface area contributed by atoms with Crippen molar-refractivity contribution in [2.75, 3.05) is 38.2 Å². The van der Waals surface area contributed by atoms with E-state index in [-0.39, 0.29) is 11.5 Å². The van der Waals surface area contributed by atoms with E-state index in [9.17, 15) is 9.59 Å². The molecule has 1 aromatic heterocycles. The van der Waals surface area contributed by atoms with Crippen LogP contribution < -0.4 is 15.2 Å². The molecule has 0 spiro atoms. The van der Waals surface area contributed by atoms with Crippen molar-refractivity contribution < 1.29 is 9.53 Å². The van der Waals surface area contributed by atoms with Gasteiger partial charge < -0.3 is 14.5 Å². The number of ether oxygens (including phenoxy) is 1. The van der Waals surface area contributed by atoms with Crippen LogP contribution in [0.25, 0.3) is 11.3 Å². The lowest BCUT2D eigenvalue weighted by atomic mass is 10.1. The molecule has 0 N–H and O–H groups in total. The first-order chi connectivity index (χ1) is 15.1. The van der Waals surface area contributed by atoms with Crippen LogP contribution in [0.1, 0.15) is 13.0 Å². The standard InChI is InChI=1S/C24H26N4O3/c1-18(28-23(29)13-12-22(25-28)19-6-4-3-5-7-19)24(30)27-16-14-26(15-17-27)20-8-10-21(31-2)11-9-20/h3-13,18H,14-17H2,1-2H3. The van der Waals surface area contributed by atoms with Crippen LogP contribution in [0, 0.1) is 0 Å². The van der Waals surface area contributed by atoms with Crippen LogP contribution in [0.2, 0.25) is 0 Å². The fourth-order valence-corrected chi connectivity index (χ4v) is 3.81. The van der Waals surface area contributed by atoms with Crippen molar-refractivity contribution in [3.8, 4) is 17.0 Å². The summed E-state index contributed by atoms with van der Waals surface area (Å²) in [6.45, 7) is 4.40. The quantitative estimate of drug-likeness (QED) is 0.637. The number of rotatable bonds is 5. The fraction of sp³-hybridized carbons (Fsp3) is 0.292. The third-order valence-electron chi connectivity index (χ3n) is 5.65. The van der Waals surface area contributed by atoms with Crippen LogP contribution in [0.4, 0.5) is 5.69 Å². The molecule has 1 aliphatic rings. The number of hydrogen-bond donors (Lipinski definition) is 0. The molecule has 0 radical (unpaired) electrons. The van der Waals surface area contributed by atoms with Crippen LogP contribution >= 0.6 is 0 Å². The van der Waals surface area contributed by atoms with Crippen LogP contribution in [0.15, 0.2) is 71.5 Å². The zero-order chi connectivity index (χ0) is 21.8. The molecule has 0 bridgehead atoms. The number of hydrogen-bond acceptors (Lipinski definition) is 5. The van der Waals surface area contributed by atoms with Gasteiger partial charge in [-0.15, -0.1) is 0 Å². The zero-order valence-corrected chi connectivity index (χ0v) is 17.8. The highest BCUT2D eigenvalue weighted by atomic mass is 16.5. The number of carbonyl (C=O) groups excluding carboxylic acids is 1. The Hall–Kier alpha value is -3.61. The van der Waals surface area contributed by atoms with Gasteiger partial charge in [0.2, 0.25) is 5.91 Å². The first-order valence-electron chi connectivity index (χ1n) is 10.4. The smallest absolute Gasteiger partial charge is 0.267 e. The average Bonchev–Trinajstić information content (AvgIpc) is 2.84. The summed E-state index contributed by atoms with van der Waals surface area (Å²) in [7, 11) is 1.65. The third-order valence-corrected chi connectivity index (χ3v) is 5.65. The molecule has 2 heterocycles. The second-order valence-corrected chi connectivity index (χ2v) is 7.55. The number of piperazine rings is 1. The molecule has 7 heteroatoms. The molecular weight excluding hydrogens is 392 g/mol. The van der Waals surface area contributed by atoms with Gasteiger partial charge in [0.05, 0.1) is 12.8 Å². The van der Waals surface area contributed by atoms with E-state index < -0.39 is 6.04 Å². The van der Waals surface area contributed by atoms with E-state index in [2.05, 4.69) is 10.00 Å². The molecule has 160 valence electrons. The largest absolute Gasteiger partial charge is 0.497 e. The van der Waals surface area contributed by atoms with E-state index >= 15 is 0 Å². The molecule has 1 saturated heterocycles. The molecule has 1 aliphatic heterocycles. The van der Waals surface area contributed by atoms with E-state index in [4.69, 9.17) is 4.74 Å². The number of carbonyl (C=O) groups is 1. The Bertz CT molecular complexity index is 1090. The molecule has 0 aliphatic carbocycles. The van der Waals surface area contributed by atoms with E-state index in [1.807, 2.05) is 59.5 Å². The second kappa shape index (κ2) is 9.04. The van der Waals surface area contributed by atoms with Crippen molar-refractivity contribution in [1.82, 2.24) is 14.7 Å². The normalized spacial score (nSPS) is 14.9. The monoisotopic (exact) mass is 418 g/mol. The molecule has 3 aromatic rings. The van der Waals surface area contributed by atoms with Crippen LogP contribution in [0.3, 0.4) is 0 Å². The lowest BCUT2D eigenvalue weighted by Crippen LogP contribution is -2.51. The van der Waals surface area contributed by atoms with Crippen LogP contribution in [-0.4, -0.2) is 53.9 Å². The summed E-state index contributed by atoms with van der Waals surface area (Å²) in [5.74, 6) is 0.733. The van der Waals surface area contributed by atoms with Gasteiger partial charge in [0.1, 0.15) is 11.8 Å². The minimum absolute atomic E-state index is 0.0887. The van der Waals surface area contributed by atoms with Gasteiger partial charge in [0.25, 0.3) is 5.56 Å². The molecule has 31 heavy (non-hydrogen) atoms. The SMILES string of the molecule is COc1ccc(N2CCN(C(=O)C(C)n3nc(-c4ccccc4)ccc3=O)CC2)cc1. The highest BCUT2D eigenvalue weighted by molar-refractivity contribution is 5.80. The third kappa shape index (κ3) is 4.45. The summed E-state index contributed by atoms with van der Waals surface area (Å²) in [5, 5.41) is 4.47. The minimum Gasteiger partial charge on any atom is -0.497 e. The molecule has 1 amide bonds. The van der Waals surface area contributed by atoms with Crippen molar-refractivity contribution in [1.29, 1.82) is 0 Å². The first kappa shape index (κ1) is 20.7. The average molecular weight is 418 g/mol. The molecular formula is C24H26N4O3. The maximum absolute atomic E-state index is 13.1. The topological polar surface area (TPSA) is 67.7 Å². The van der Waals surface area contributed by atoms with Crippen molar-refractivity contribution in [2.45, 2.75) is 13.0 Å². The number of nitrogens with zero attached hydrogens (tertiary/aromatic N) is 4. The number of amides is 1. The summed E-state index contributed by atoms with van der Waals surface area (Å²) in [4.78, 5) is 29.6. The predicted molar refractivity (Wildman–Crippen MR) is 120 cm³/mol. The van der Waals surface area contributed by atoms with Gasteiger partial charge in [0.15, 0.2) is 0 Å². The van der Waals surface area contributed by atoms with Gasteiger partial charge in [0, 0.05) is 43.5 Å². The van der Waals surface area contributed by atoms with E-state index in [1.54, 1.807) is 20.1 Å². The Morgan fingerprint density at radius 2 is 1.61 bits per heavy atom. The summed E-state index contributed by atoms with van der Waals surface area (Å²) in [6, 6.07) is 20.1. The lowest BCUT2D eigenvalue weighted by Gasteiger charge is -2.37. The predicted octanol–water partition coefficient (Wildman–Crippen LogP) is 2.83. The summed E-state index contributed by atoms with van der Waals surface area (Å²) >= 11 is 0. The van der Waals surface area contributed by atoms with Crippen LogP contribution in [0.5, 0.6) is 5.75 Å². The number of benzene rings is 2.